The van der Waals surface area contributed by atoms with Gasteiger partial charge in [0.2, 0.25) is 6.43 Å². The fraction of sp³-hybridized carbons (Fsp3) is 0.455. The lowest BCUT2D eigenvalue weighted by molar-refractivity contribution is 0.107. The van der Waals surface area contributed by atoms with E-state index in [1.165, 1.54) is 0 Å². The molecule has 0 aliphatic carbocycles. The van der Waals surface area contributed by atoms with Gasteiger partial charge in [-0.2, -0.15) is 5.26 Å². The van der Waals surface area contributed by atoms with Gasteiger partial charge < -0.3 is 4.90 Å². The van der Waals surface area contributed by atoms with Gasteiger partial charge in [0.25, 0.3) is 0 Å². The van der Waals surface area contributed by atoms with Crippen molar-refractivity contribution in [3.05, 3.63) is 23.9 Å². The van der Waals surface area contributed by atoms with Gasteiger partial charge in [0.1, 0.15) is 11.9 Å². The molecule has 1 fully saturated rings. The molecule has 2 heterocycles. The minimum atomic E-state index is -2.24. The molecule has 3 nitrogen and oxygen atoms in total. The van der Waals surface area contributed by atoms with Crippen molar-refractivity contribution >= 4 is 18.2 Å². The smallest absolute Gasteiger partial charge is 0.239 e. The molecule has 0 bridgehead atoms. The lowest BCUT2D eigenvalue weighted by Gasteiger charge is -2.40. The fourth-order valence-electron chi connectivity index (χ4n) is 1.88. The van der Waals surface area contributed by atoms with E-state index in [0.717, 1.165) is 0 Å². The summed E-state index contributed by atoms with van der Waals surface area (Å²) < 4.78 is 24.2. The second-order valence-corrected chi connectivity index (χ2v) is 3.88. The van der Waals surface area contributed by atoms with Crippen LogP contribution >= 0.6 is 12.4 Å². The second kappa shape index (κ2) is 5.78. The number of rotatable bonds is 3. The molecule has 1 aliphatic rings. The topological polar surface area (TPSA) is 39.9 Å². The van der Waals surface area contributed by atoms with Gasteiger partial charge in [-0.05, 0) is 18.1 Å². The third-order valence-electron chi connectivity index (χ3n) is 2.68. The SMILES string of the molecule is Cl.N#Cc1cccnc1N1CC(CC(F)F)C1. The normalized spacial score (nSPS) is 15.1. The van der Waals surface area contributed by atoms with E-state index >= 15 is 0 Å². The quantitative estimate of drug-likeness (QED) is 0.837. The van der Waals surface area contributed by atoms with E-state index < -0.39 is 6.43 Å². The van der Waals surface area contributed by atoms with E-state index in [0.29, 0.717) is 24.5 Å². The number of alkyl halides is 2. The number of halogens is 3. The molecule has 1 aromatic heterocycles. The molecule has 2 rings (SSSR count). The summed E-state index contributed by atoms with van der Waals surface area (Å²) in [6, 6.07) is 5.42. The number of pyridine rings is 1. The van der Waals surface area contributed by atoms with E-state index in [-0.39, 0.29) is 24.7 Å². The molecule has 0 spiro atoms. The third-order valence-corrected chi connectivity index (χ3v) is 2.68. The predicted molar refractivity (Wildman–Crippen MR) is 62.5 cm³/mol. The molecule has 1 aromatic rings. The van der Waals surface area contributed by atoms with Crippen LogP contribution in [0.15, 0.2) is 18.3 Å². The maximum atomic E-state index is 12.1. The first-order valence-electron chi connectivity index (χ1n) is 5.09. The van der Waals surface area contributed by atoms with Crippen LogP contribution in [0.5, 0.6) is 0 Å². The van der Waals surface area contributed by atoms with Gasteiger partial charge in [-0.25, -0.2) is 13.8 Å². The Balaban J connectivity index is 0.00000144. The van der Waals surface area contributed by atoms with Crippen molar-refractivity contribution in [1.82, 2.24) is 4.98 Å². The molecule has 92 valence electrons. The highest BCUT2D eigenvalue weighted by molar-refractivity contribution is 5.85. The Morgan fingerprint density at radius 2 is 2.24 bits per heavy atom. The van der Waals surface area contributed by atoms with Crippen molar-refractivity contribution in [3.63, 3.8) is 0 Å². The van der Waals surface area contributed by atoms with Crippen LogP contribution in [0.2, 0.25) is 0 Å². The molecular weight excluding hydrogens is 248 g/mol. The molecule has 0 saturated carbocycles. The van der Waals surface area contributed by atoms with Gasteiger partial charge in [0.15, 0.2) is 0 Å². The summed E-state index contributed by atoms with van der Waals surface area (Å²) in [5.74, 6) is 0.629. The Morgan fingerprint density at radius 1 is 1.53 bits per heavy atom. The summed E-state index contributed by atoms with van der Waals surface area (Å²) >= 11 is 0. The molecule has 0 amide bonds. The Hall–Kier alpha value is -1.41. The molecular formula is C11H12ClF2N3. The van der Waals surface area contributed by atoms with E-state index in [1.807, 2.05) is 11.0 Å². The average molecular weight is 260 g/mol. The predicted octanol–water partition coefficient (Wildman–Crippen LogP) is 2.47. The second-order valence-electron chi connectivity index (χ2n) is 3.88. The Morgan fingerprint density at radius 3 is 2.82 bits per heavy atom. The lowest BCUT2D eigenvalue weighted by atomic mass is 9.96. The van der Waals surface area contributed by atoms with Gasteiger partial charge in [0, 0.05) is 25.7 Å². The summed E-state index contributed by atoms with van der Waals surface area (Å²) in [5, 5.41) is 8.86. The molecule has 1 saturated heterocycles. The summed E-state index contributed by atoms with van der Waals surface area (Å²) in [6.07, 6.45) is -0.701. The number of aromatic nitrogens is 1. The van der Waals surface area contributed by atoms with Crippen LogP contribution in [0.1, 0.15) is 12.0 Å². The van der Waals surface area contributed by atoms with Gasteiger partial charge >= 0.3 is 0 Å². The zero-order valence-electron chi connectivity index (χ0n) is 9.01. The van der Waals surface area contributed by atoms with Crippen molar-refractivity contribution in [3.8, 4) is 6.07 Å². The maximum Gasteiger partial charge on any atom is 0.239 e. The fourth-order valence-corrected chi connectivity index (χ4v) is 1.88. The van der Waals surface area contributed by atoms with Gasteiger partial charge in [-0.3, -0.25) is 0 Å². The number of hydrogen-bond donors (Lipinski definition) is 0. The van der Waals surface area contributed by atoms with Crippen LogP contribution in [0.3, 0.4) is 0 Å². The Kier molecular flexibility index (Phi) is 4.64. The van der Waals surface area contributed by atoms with E-state index in [9.17, 15) is 8.78 Å². The van der Waals surface area contributed by atoms with Crippen LogP contribution in [0.25, 0.3) is 0 Å². The molecule has 0 radical (unpaired) electrons. The molecule has 6 heteroatoms. The highest BCUT2D eigenvalue weighted by Gasteiger charge is 2.31. The van der Waals surface area contributed by atoms with Gasteiger partial charge in [-0.15, -0.1) is 12.4 Å². The minimum absolute atomic E-state index is 0. The van der Waals surface area contributed by atoms with Crippen LogP contribution in [-0.4, -0.2) is 24.5 Å². The minimum Gasteiger partial charge on any atom is -0.355 e. The van der Waals surface area contributed by atoms with Gasteiger partial charge in [-0.1, -0.05) is 0 Å². The Bertz CT molecular complexity index is 413. The van der Waals surface area contributed by atoms with Crippen molar-refractivity contribution in [2.24, 2.45) is 5.92 Å². The zero-order chi connectivity index (χ0) is 11.5. The summed E-state index contributed by atoms with van der Waals surface area (Å²) in [5.41, 5.74) is 0.498. The average Bonchev–Trinajstić information content (AvgIpc) is 2.22. The third kappa shape index (κ3) is 3.04. The van der Waals surface area contributed by atoms with Crippen LogP contribution in [0.4, 0.5) is 14.6 Å². The molecule has 0 unspecified atom stereocenters. The monoisotopic (exact) mass is 259 g/mol. The van der Waals surface area contributed by atoms with Crippen molar-refractivity contribution < 1.29 is 8.78 Å². The van der Waals surface area contributed by atoms with E-state index in [4.69, 9.17) is 5.26 Å². The highest BCUT2D eigenvalue weighted by atomic mass is 35.5. The molecule has 0 aromatic carbocycles. The number of nitriles is 1. The summed E-state index contributed by atoms with van der Waals surface area (Å²) in [4.78, 5) is 5.97. The van der Waals surface area contributed by atoms with Crippen LogP contribution in [-0.2, 0) is 0 Å². The zero-order valence-corrected chi connectivity index (χ0v) is 9.83. The van der Waals surface area contributed by atoms with Crippen molar-refractivity contribution in [1.29, 1.82) is 5.26 Å². The molecule has 1 aliphatic heterocycles. The van der Waals surface area contributed by atoms with Gasteiger partial charge in [0.05, 0.1) is 5.56 Å². The number of anilines is 1. The first kappa shape index (κ1) is 13.7. The largest absolute Gasteiger partial charge is 0.355 e. The van der Waals surface area contributed by atoms with Crippen LogP contribution in [0, 0.1) is 17.2 Å². The molecule has 0 N–H and O–H groups in total. The van der Waals surface area contributed by atoms with Crippen molar-refractivity contribution in [2.75, 3.05) is 18.0 Å². The van der Waals surface area contributed by atoms with E-state index in [1.54, 1.807) is 18.3 Å². The maximum absolute atomic E-state index is 12.1. The lowest BCUT2D eigenvalue weighted by Crippen LogP contribution is -2.48. The summed E-state index contributed by atoms with van der Waals surface area (Å²) in [6.45, 7) is 1.13. The first-order valence-corrected chi connectivity index (χ1v) is 5.09. The van der Waals surface area contributed by atoms with Crippen LogP contribution < -0.4 is 4.90 Å². The van der Waals surface area contributed by atoms with Crippen molar-refractivity contribution in [2.45, 2.75) is 12.8 Å². The number of hydrogen-bond acceptors (Lipinski definition) is 3. The highest BCUT2D eigenvalue weighted by Crippen LogP contribution is 2.28. The Labute approximate surface area is 104 Å². The number of nitrogens with zero attached hydrogens (tertiary/aromatic N) is 3. The molecule has 17 heavy (non-hydrogen) atoms. The molecule has 0 atom stereocenters. The summed E-state index contributed by atoms with van der Waals surface area (Å²) in [7, 11) is 0. The van der Waals surface area contributed by atoms with E-state index in [2.05, 4.69) is 4.98 Å². The first-order chi connectivity index (χ1) is 7.70. The standard InChI is InChI=1S/C11H11F2N3.ClH/c12-10(13)4-8-6-16(7-8)11-9(5-14)2-1-3-15-11;/h1-3,8,10H,4,6-7H2;1H.